The summed E-state index contributed by atoms with van der Waals surface area (Å²) in [4.78, 5) is 28.6. The van der Waals surface area contributed by atoms with E-state index in [1.165, 1.54) is 0 Å². The lowest BCUT2D eigenvalue weighted by Gasteiger charge is -2.32. The molecule has 3 aromatic carbocycles. The Labute approximate surface area is 211 Å². The van der Waals surface area contributed by atoms with Gasteiger partial charge in [0.1, 0.15) is 6.04 Å². The van der Waals surface area contributed by atoms with Gasteiger partial charge < -0.3 is 10.2 Å². The van der Waals surface area contributed by atoms with Crippen LogP contribution in [0, 0.1) is 0 Å². The summed E-state index contributed by atoms with van der Waals surface area (Å²) < 4.78 is 0. The summed E-state index contributed by atoms with van der Waals surface area (Å²) in [6.45, 7) is 4.09. The molecule has 0 aliphatic heterocycles. The highest BCUT2D eigenvalue weighted by Gasteiger charge is 2.30. The van der Waals surface area contributed by atoms with Gasteiger partial charge in [0.25, 0.3) is 0 Å². The second-order valence-corrected chi connectivity index (χ2v) is 9.44. The minimum absolute atomic E-state index is 0.0444. The van der Waals surface area contributed by atoms with Crippen molar-refractivity contribution in [1.82, 2.24) is 10.2 Å². The lowest BCUT2D eigenvalue weighted by molar-refractivity contribution is -0.141. The molecule has 6 heteroatoms. The van der Waals surface area contributed by atoms with Crippen LogP contribution in [0.3, 0.4) is 0 Å². The number of nitrogens with one attached hydrogen (secondary N) is 1. The standard InChI is InChI=1S/C28H30Cl2N2O2/c1-20(2)31-28(34)26(18-22-11-7-4-8-12-22)32(19-23-13-15-24(29)25(30)17-23)27(33)16-14-21-9-5-3-6-10-21/h3-13,15,17,20,26H,14,16,18-19H2,1-2H3,(H,31,34)/t26-/m0/s1. The molecule has 0 bridgehead atoms. The predicted octanol–water partition coefficient (Wildman–Crippen LogP) is 6.09. The van der Waals surface area contributed by atoms with Crippen LogP contribution >= 0.6 is 23.2 Å². The fourth-order valence-electron chi connectivity index (χ4n) is 3.81. The Kier molecular flexibility index (Phi) is 9.55. The Bertz CT molecular complexity index is 1090. The van der Waals surface area contributed by atoms with Crippen LogP contribution in [0.2, 0.25) is 10.0 Å². The molecule has 4 nitrogen and oxygen atoms in total. The van der Waals surface area contributed by atoms with Gasteiger partial charge in [-0.1, -0.05) is 89.9 Å². The van der Waals surface area contributed by atoms with E-state index in [4.69, 9.17) is 23.2 Å². The van der Waals surface area contributed by atoms with E-state index in [1.807, 2.05) is 80.6 Å². The second kappa shape index (κ2) is 12.6. The van der Waals surface area contributed by atoms with Crippen molar-refractivity contribution in [3.05, 3.63) is 106 Å². The monoisotopic (exact) mass is 496 g/mol. The van der Waals surface area contributed by atoms with E-state index in [-0.39, 0.29) is 24.4 Å². The molecule has 3 rings (SSSR count). The van der Waals surface area contributed by atoms with Crippen LogP contribution in [-0.4, -0.2) is 28.8 Å². The first-order valence-corrected chi connectivity index (χ1v) is 12.2. The zero-order chi connectivity index (χ0) is 24.5. The molecule has 0 saturated heterocycles. The summed E-state index contributed by atoms with van der Waals surface area (Å²) >= 11 is 12.3. The number of aryl methyl sites for hydroxylation is 1. The lowest BCUT2D eigenvalue weighted by Crippen LogP contribution is -2.51. The summed E-state index contributed by atoms with van der Waals surface area (Å²) in [6.07, 6.45) is 1.31. The fourth-order valence-corrected chi connectivity index (χ4v) is 4.13. The van der Waals surface area contributed by atoms with E-state index in [2.05, 4.69) is 5.32 Å². The highest BCUT2D eigenvalue weighted by molar-refractivity contribution is 6.42. The molecule has 0 aromatic heterocycles. The summed E-state index contributed by atoms with van der Waals surface area (Å²) in [6, 6.07) is 24.2. The van der Waals surface area contributed by atoms with Gasteiger partial charge in [-0.3, -0.25) is 9.59 Å². The lowest BCUT2D eigenvalue weighted by atomic mass is 10.0. The summed E-state index contributed by atoms with van der Waals surface area (Å²) in [5.41, 5.74) is 2.89. The van der Waals surface area contributed by atoms with Crippen molar-refractivity contribution in [2.45, 2.75) is 51.7 Å². The van der Waals surface area contributed by atoms with E-state index in [0.717, 1.165) is 16.7 Å². The maximum absolute atomic E-state index is 13.6. The van der Waals surface area contributed by atoms with Gasteiger partial charge in [-0.15, -0.1) is 0 Å². The number of amides is 2. The number of hydrogen-bond acceptors (Lipinski definition) is 2. The van der Waals surface area contributed by atoms with Gasteiger partial charge in [-0.2, -0.15) is 0 Å². The molecule has 0 radical (unpaired) electrons. The number of carbonyl (C=O) groups is 2. The molecule has 2 amide bonds. The van der Waals surface area contributed by atoms with Gasteiger partial charge in [0.2, 0.25) is 11.8 Å². The molecule has 1 atom stereocenters. The zero-order valence-corrected chi connectivity index (χ0v) is 21.0. The van der Waals surface area contributed by atoms with Crippen LogP contribution in [0.25, 0.3) is 0 Å². The Morgan fingerprint density at radius 3 is 2.03 bits per heavy atom. The Morgan fingerprint density at radius 1 is 0.824 bits per heavy atom. The molecular formula is C28H30Cl2N2O2. The number of hydrogen-bond donors (Lipinski definition) is 1. The van der Waals surface area contributed by atoms with Crippen LogP contribution < -0.4 is 5.32 Å². The highest BCUT2D eigenvalue weighted by atomic mass is 35.5. The van der Waals surface area contributed by atoms with Crippen LogP contribution in [0.4, 0.5) is 0 Å². The van der Waals surface area contributed by atoms with Gasteiger partial charge >= 0.3 is 0 Å². The van der Waals surface area contributed by atoms with Crippen molar-refractivity contribution >= 4 is 35.0 Å². The number of nitrogens with zero attached hydrogens (tertiary/aromatic N) is 1. The van der Waals surface area contributed by atoms with Gasteiger partial charge in [0, 0.05) is 25.4 Å². The van der Waals surface area contributed by atoms with Crippen LogP contribution in [0.1, 0.15) is 37.0 Å². The quantitative estimate of drug-likeness (QED) is 0.369. The summed E-state index contributed by atoms with van der Waals surface area (Å²) in [5, 5.41) is 3.87. The van der Waals surface area contributed by atoms with Crippen molar-refractivity contribution in [3.8, 4) is 0 Å². The second-order valence-electron chi connectivity index (χ2n) is 8.62. The van der Waals surface area contributed by atoms with Gasteiger partial charge in [0.15, 0.2) is 0 Å². The van der Waals surface area contributed by atoms with Gasteiger partial charge in [-0.25, -0.2) is 0 Å². The zero-order valence-electron chi connectivity index (χ0n) is 19.5. The maximum Gasteiger partial charge on any atom is 0.243 e. The predicted molar refractivity (Wildman–Crippen MR) is 139 cm³/mol. The van der Waals surface area contributed by atoms with Crippen molar-refractivity contribution in [2.75, 3.05) is 0 Å². The topological polar surface area (TPSA) is 49.4 Å². The normalized spacial score (nSPS) is 11.8. The average molecular weight is 497 g/mol. The number of halogens is 2. The third-order valence-electron chi connectivity index (χ3n) is 5.51. The van der Waals surface area contributed by atoms with E-state index in [0.29, 0.717) is 29.3 Å². The van der Waals surface area contributed by atoms with Crippen molar-refractivity contribution in [3.63, 3.8) is 0 Å². The molecule has 178 valence electrons. The number of rotatable bonds is 10. The largest absolute Gasteiger partial charge is 0.352 e. The minimum Gasteiger partial charge on any atom is -0.352 e. The summed E-state index contributed by atoms with van der Waals surface area (Å²) in [5.74, 6) is -0.262. The molecule has 0 unspecified atom stereocenters. The summed E-state index contributed by atoms with van der Waals surface area (Å²) in [7, 11) is 0. The molecule has 0 heterocycles. The number of carbonyl (C=O) groups excluding carboxylic acids is 2. The Hall–Kier alpha value is -2.82. The van der Waals surface area contributed by atoms with Crippen molar-refractivity contribution in [1.29, 1.82) is 0 Å². The molecule has 0 aliphatic rings. The maximum atomic E-state index is 13.6. The molecule has 0 aliphatic carbocycles. The number of benzene rings is 3. The van der Waals surface area contributed by atoms with Crippen LogP contribution in [0.15, 0.2) is 78.9 Å². The first-order chi connectivity index (χ1) is 16.3. The van der Waals surface area contributed by atoms with E-state index >= 15 is 0 Å². The Balaban J connectivity index is 1.92. The third-order valence-corrected chi connectivity index (χ3v) is 6.25. The van der Waals surface area contributed by atoms with Gasteiger partial charge in [-0.05, 0) is 49.1 Å². The van der Waals surface area contributed by atoms with Crippen LogP contribution in [0.5, 0.6) is 0 Å². The van der Waals surface area contributed by atoms with E-state index < -0.39 is 6.04 Å². The average Bonchev–Trinajstić information content (AvgIpc) is 2.83. The molecule has 1 N–H and O–H groups in total. The van der Waals surface area contributed by atoms with Crippen LogP contribution in [-0.2, 0) is 29.0 Å². The van der Waals surface area contributed by atoms with E-state index in [9.17, 15) is 9.59 Å². The molecular weight excluding hydrogens is 467 g/mol. The molecule has 0 spiro atoms. The molecule has 34 heavy (non-hydrogen) atoms. The highest BCUT2D eigenvalue weighted by Crippen LogP contribution is 2.24. The first kappa shape index (κ1) is 25.8. The third kappa shape index (κ3) is 7.61. The van der Waals surface area contributed by atoms with Gasteiger partial charge in [0.05, 0.1) is 10.0 Å². The minimum atomic E-state index is -0.664. The fraction of sp³-hybridized carbons (Fsp3) is 0.286. The van der Waals surface area contributed by atoms with E-state index in [1.54, 1.807) is 17.0 Å². The Morgan fingerprint density at radius 2 is 1.44 bits per heavy atom. The molecule has 0 saturated carbocycles. The first-order valence-electron chi connectivity index (χ1n) is 11.4. The smallest absolute Gasteiger partial charge is 0.243 e. The molecule has 0 fully saturated rings. The SMILES string of the molecule is CC(C)NC(=O)[C@H](Cc1ccccc1)N(Cc1ccc(Cl)c(Cl)c1)C(=O)CCc1ccccc1. The molecule has 3 aromatic rings. The van der Waals surface area contributed by atoms with Crippen molar-refractivity contribution in [2.24, 2.45) is 0 Å². The van der Waals surface area contributed by atoms with Crippen molar-refractivity contribution < 1.29 is 9.59 Å².